The molecule has 0 spiro atoms. The number of benzene rings is 2. The maximum atomic E-state index is 6.28. The Morgan fingerprint density at radius 2 is 1.79 bits per heavy atom. The SMILES string of the molecule is Clc1nc2ccc(I)cc2cc1Cc1ccccc1. The maximum absolute atomic E-state index is 6.28. The van der Waals surface area contributed by atoms with E-state index in [1.54, 1.807) is 0 Å². The summed E-state index contributed by atoms with van der Waals surface area (Å²) in [6.45, 7) is 0. The number of pyridine rings is 1. The number of fused-ring (bicyclic) bond motifs is 1. The molecule has 0 fully saturated rings. The highest BCUT2D eigenvalue weighted by Gasteiger charge is 2.06. The van der Waals surface area contributed by atoms with E-state index in [1.165, 1.54) is 9.13 Å². The molecule has 3 aromatic rings. The van der Waals surface area contributed by atoms with E-state index < -0.39 is 0 Å². The minimum Gasteiger partial charge on any atom is -0.236 e. The highest BCUT2D eigenvalue weighted by molar-refractivity contribution is 14.1. The van der Waals surface area contributed by atoms with Crippen molar-refractivity contribution >= 4 is 45.1 Å². The molecule has 1 nitrogen and oxygen atoms in total. The summed E-state index contributed by atoms with van der Waals surface area (Å²) < 4.78 is 1.21. The smallest absolute Gasteiger partial charge is 0.133 e. The molecule has 3 rings (SSSR count). The Bertz CT molecular complexity index is 725. The summed E-state index contributed by atoms with van der Waals surface area (Å²) in [5.74, 6) is 0. The van der Waals surface area contributed by atoms with Gasteiger partial charge in [0.1, 0.15) is 5.15 Å². The average Bonchev–Trinajstić information content (AvgIpc) is 2.41. The van der Waals surface area contributed by atoms with Crippen molar-refractivity contribution in [2.45, 2.75) is 6.42 Å². The molecule has 3 heteroatoms. The Balaban J connectivity index is 2.06. The molecule has 0 aliphatic rings. The Morgan fingerprint density at radius 1 is 1.00 bits per heavy atom. The van der Waals surface area contributed by atoms with Gasteiger partial charge in [0.25, 0.3) is 0 Å². The first-order chi connectivity index (χ1) is 9.22. The monoisotopic (exact) mass is 379 g/mol. The fourth-order valence-electron chi connectivity index (χ4n) is 2.11. The summed E-state index contributed by atoms with van der Waals surface area (Å²) in [5.41, 5.74) is 3.26. The Kier molecular flexibility index (Phi) is 3.71. The molecule has 2 aromatic carbocycles. The van der Waals surface area contributed by atoms with Gasteiger partial charge in [-0.05, 0) is 58.0 Å². The lowest BCUT2D eigenvalue weighted by Crippen LogP contribution is -1.93. The number of aromatic nitrogens is 1. The third-order valence-electron chi connectivity index (χ3n) is 3.04. The second-order valence-corrected chi connectivity index (χ2v) is 6.04. The standard InChI is InChI=1S/C16H11ClIN/c17-16-13(8-11-4-2-1-3-5-11)9-12-10-14(18)6-7-15(12)19-16/h1-7,9-10H,8H2. The van der Waals surface area contributed by atoms with E-state index in [1.807, 2.05) is 30.3 Å². The average molecular weight is 380 g/mol. The van der Waals surface area contributed by atoms with Crippen molar-refractivity contribution in [3.63, 3.8) is 0 Å². The number of halogens is 2. The predicted molar refractivity (Wildman–Crippen MR) is 88.7 cm³/mol. The minimum atomic E-state index is 0.595. The van der Waals surface area contributed by atoms with Crippen LogP contribution >= 0.6 is 34.2 Å². The van der Waals surface area contributed by atoms with Gasteiger partial charge in [0.2, 0.25) is 0 Å². The fourth-order valence-corrected chi connectivity index (χ4v) is 2.84. The molecule has 1 aromatic heterocycles. The number of rotatable bonds is 2. The van der Waals surface area contributed by atoms with Gasteiger partial charge >= 0.3 is 0 Å². The van der Waals surface area contributed by atoms with Crippen molar-refractivity contribution in [2.75, 3.05) is 0 Å². The lowest BCUT2D eigenvalue weighted by Gasteiger charge is -2.06. The Labute approximate surface area is 130 Å². The first-order valence-electron chi connectivity index (χ1n) is 6.01. The molecule has 0 atom stereocenters. The predicted octanol–water partition coefficient (Wildman–Crippen LogP) is 5.08. The van der Waals surface area contributed by atoms with E-state index in [2.05, 4.69) is 51.8 Å². The summed E-state index contributed by atoms with van der Waals surface area (Å²) >= 11 is 8.59. The van der Waals surface area contributed by atoms with E-state index in [-0.39, 0.29) is 0 Å². The molecule has 1 heterocycles. The van der Waals surface area contributed by atoms with E-state index in [9.17, 15) is 0 Å². The first kappa shape index (κ1) is 12.9. The van der Waals surface area contributed by atoms with Gasteiger partial charge in [-0.2, -0.15) is 0 Å². The number of nitrogens with zero attached hydrogens (tertiary/aromatic N) is 1. The zero-order chi connectivity index (χ0) is 13.2. The molecule has 94 valence electrons. The molecule has 19 heavy (non-hydrogen) atoms. The summed E-state index contributed by atoms with van der Waals surface area (Å²) in [7, 11) is 0. The topological polar surface area (TPSA) is 12.9 Å². The molecule has 0 unspecified atom stereocenters. The fraction of sp³-hybridized carbons (Fsp3) is 0.0625. The molecule has 0 aliphatic carbocycles. The summed E-state index contributed by atoms with van der Waals surface area (Å²) in [5, 5.41) is 1.74. The van der Waals surface area contributed by atoms with Crippen LogP contribution in [0.15, 0.2) is 54.6 Å². The zero-order valence-corrected chi connectivity index (χ0v) is 13.0. The number of hydrogen-bond acceptors (Lipinski definition) is 1. The van der Waals surface area contributed by atoms with Crippen LogP contribution in [0, 0.1) is 3.57 Å². The third kappa shape index (κ3) is 2.90. The van der Waals surface area contributed by atoms with Crippen molar-refractivity contribution in [2.24, 2.45) is 0 Å². The molecule has 0 bridgehead atoms. The van der Waals surface area contributed by atoms with Gasteiger partial charge in [0.05, 0.1) is 5.52 Å². The Hall–Kier alpha value is -1.13. The third-order valence-corrected chi connectivity index (χ3v) is 4.04. The van der Waals surface area contributed by atoms with Crippen molar-refractivity contribution in [3.8, 4) is 0 Å². The molecular weight excluding hydrogens is 369 g/mol. The lowest BCUT2D eigenvalue weighted by atomic mass is 10.0. The van der Waals surface area contributed by atoms with Gasteiger partial charge in [-0.25, -0.2) is 4.98 Å². The molecular formula is C16H11ClIN. The van der Waals surface area contributed by atoms with Crippen LogP contribution < -0.4 is 0 Å². The molecule has 0 amide bonds. The first-order valence-corrected chi connectivity index (χ1v) is 7.47. The normalized spacial score (nSPS) is 10.8. The molecule has 0 aliphatic heterocycles. The van der Waals surface area contributed by atoms with Crippen LogP contribution in [0.25, 0.3) is 10.9 Å². The highest BCUT2D eigenvalue weighted by Crippen LogP contribution is 2.24. The van der Waals surface area contributed by atoms with Crippen LogP contribution in [0.4, 0.5) is 0 Å². The van der Waals surface area contributed by atoms with Gasteiger partial charge < -0.3 is 0 Å². The van der Waals surface area contributed by atoms with Crippen LogP contribution in [0.5, 0.6) is 0 Å². The summed E-state index contributed by atoms with van der Waals surface area (Å²) in [6, 6.07) is 18.6. The van der Waals surface area contributed by atoms with Crippen LogP contribution in [0.3, 0.4) is 0 Å². The Morgan fingerprint density at radius 3 is 2.58 bits per heavy atom. The van der Waals surface area contributed by atoms with Gasteiger partial charge in [-0.1, -0.05) is 41.9 Å². The largest absolute Gasteiger partial charge is 0.236 e. The molecule has 0 N–H and O–H groups in total. The molecule has 0 radical (unpaired) electrons. The maximum Gasteiger partial charge on any atom is 0.133 e. The second kappa shape index (κ2) is 5.47. The summed E-state index contributed by atoms with van der Waals surface area (Å²) in [4.78, 5) is 4.47. The van der Waals surface area contributed by atoms with Gasteiger partial charge in [-0.15, -0.1) is 0 Å². The lowest BCUT2D eigenvalue weighted by molar-refractivity contribution is 1.17. The van der Waals surface area contributed by atoms with Crippen LogP contribution in [0.1, 0.15) is 11.1 Å². The minimum absolute atomic E-state index is 0.595. The van der Waals surface area contributed by atoms with E-state index >= 15 is 0 Å². The second-order valence-electron chi connectivity index (χ2n) is 4.44. The van der Waals surface area contributed by atoms with Gasteiger partial charge in [-0.3, -0.25) is 0 Å². The van der Waals surface area contributed by atoms with E-state index in [4.69, 9.17) is 11.6 Å². The van der Waals surface area contributed by atoms with Crippen LogP contribution in [-0.2, 0) is 6.42 Å². The van der Waals surface area contributed by atoms with Crippen LogP contribution in [-0.4, -0.2) is 4.98 Å². The van der Waals surface area contributed by atoms with Crippen LogP contribution in [0.2, 0.25) is 5.15 Å². The van der Waals surface area contributed by atoms with E-state index in [0.717, 1.165) is 22.9 Å². The highest BCUT2D eigenvalue weighted by atomic mass is 127. The van der Waals surface area contributed by atoms with Gasteiger partial charge in [0, 0.05) is 15.4 Å². The summed E-state index contributed by atoms with van der Waals surface area (Å²) in [6.07, 6.45) is 0.814. The number of hydrogen-bond donors (Lipinski definition) is 0. The van der Waals surface area contributed by atoms with E-state index in [0.29, 0.717) is 5.15 Å². The van der Waals surface area contributed by atoms with Gasteiger partial charge in [0.15, 0.2) is 0 Å². The molecule has 0 saturated carbocycles. The van der Waals surface area contributed by atoms with Crippen molar-refractivity contribution in [1.29, 1.82) is 0 Å². The van der Waals surface area contributed by atoms with Crippen molar-refractivity contribution < 1.29 is 0 Å². The zero-order valence-electron chi connectivity index (χ0n) is 10.1. The molecule has 0 saturated heterocycles. The quantitative estimate of drug-likeness (QED) is 0.447. The van der Waals surface area contributed by atoms with Crippen molar-refractivity contribution in [1.82, 2.24) is 4.98 Å². The van der Waals surface area contributed by atoms with Crippen molar-refractivity contribution in [3.05, 3.63) is 74.4 Å².